The Bertz CT molecular complexity index is 527. The molecule has 0 aliphatic heterocycles. The second-order valence-electron chi connectivity index (χ2n) is 3.92. The molecule has 2 aromatic rings. The van der Waals surface area contributed by atoms with Crippen molar-refractivity contribution in [1.82, 2.24) is 0 Å². The topological polar surface area (TPSA) is 35.2 Å². The molecule has 0 spiro atoms. The Morgan fingerprint density at radius 3 is 2.61 bits per heavy atom. The second-order valence-corrected chi connectivity index (χ2v) is 5.03. The van der Waals surface area contributed by atoms with E-state index in [9.17, 15) is 8.78 Å². The number of benzene rings is 1. The van der Waals surface area contributed by atoms with Crippen LogP contribution in [0.5, 0.6) is 5.75 Å². The maximum atomic E-state index is 12.1. The summed E-state index contributed by atoms with van der Waals surface area (Å²) in [5, 5.41) is 1.97. The molecule has 96 valence electrons. The zero-order chi connectivity index (χ0) is 13.1. The maximum absolute atomic E-state index is 12.1. The number of nitrogens with two attached hydrogens (primary N) is 1. The fourth-order valence-electron chi connectivity index (χ4n) is 1.70. The lowest BCUT2D eigenvalue weighted by molar-refractivity contribution is -0.0498. The number of hydrogen-bond donors (Lipinski definition) is 1. The second kappa shape index (κ2) is 5.46. The summed E-state index contributed by atoms with van der Waals surface area (Å²) in [4.78, 5) is 1.17. The smallest absolute Gasteiger partial charge is 0.387 e. The first-order valence-corrected chi connectivity index (χ1v) is 6.29. The highest BCUT2D eigenvalue weighted by molar-refractivity contribution is 7.10. The Morgan fingerprint density at radius 1 is 1.22 bits per heavy atom. The van der Waals surface area contributed by atoms with Gasteiger partial charge in [-0.15, -0.1) is 11.3 Å². The van der Waals surface area contributed by atoms with Gasteiger partial charge in [0.2, 0.25) is 0 Å². The molecule has 2 N–H and O–H groups in total. The van der Waals surface area contributed by atoms with E-state index in [1.54, 1.807) is 29.5 Å². The van der Waals surface area contributed by atoms with Gasteiger partial charge in [-0.05, 0) is 41.6 Å². The first-order valence-electron chi connectivity index (χ1n) is 5.41. The Balaban J connectivity index is 2.22. The highest BCUT2D eigenvalue weighted by atomic mass is 32.1. The fraction of sp³-hybridized carbons (Fsp3) is 0.231. The van der Waals surface area contributed by atoms with Crippen molar-refractivity contribution >= 4 is 11.3 Å². The first kappa shape index (κ1) is 13.0. The van der Waals surface area contributed by atoms with Gasteiger partial charge in [0.15, 0.2) is 0 Å². The number of alkyl halides is 2. The molecular formula is C13H13F2NOS. The van der Waals surface area contributed by atoms with E-state index >= 15 is 0 Å². The summed E-state index contributed by atoms with van der Waals surface area (Å²) < 4.78 is 28.6. The predicted molar refractivity (Wildman–Crippen MR) is 68.2 cm³/mol. The van der Waals surface area contributed by atoms with E-state index in [-0.39, 0.29) is 11.8 Å². The molecule has 1 heterocycles. The molecule has 0 radical (unpaired) electrons. The third-order valence-electron chi connectivity index (χ3n) is 2.55. The van der Waals surface area contributed by atoms with Gasteiger partial charge in [0.25, 0.3) is 0 Å². The molecule has 1 aromatic heterocycles. The van der Waals surface area contributed by atoms with Crippen LogP contribution < -0.4 is 10.5 Å². The van der Waals surface area contributed by atoms with Gasteiger partial charge in [-0.2, -0.15) is 8.78 Å². The molecule has 1 atom stereocenters. The van der Waals surface area contributed by atoms with Crippen molar-refractivity contribution < 1.29 is 13.5 Å². The summed E-state index contributed by atoms with van der Waals surface area (Å²) in [7, 11) is 0. The van der Waals surface area contributed by atoms with Crippen LogP contribution in [-0.2, 0) is 0 Å². The number of aryl methyl sites for hydroxylation is 1. The fourth-order valence-corrected chi connectivity index (χ4v) is 2.44. The van der Waals surface area contributed by atoms with Crippen LogP contribution in [0.2, 0.25) is 0 Å². The summed E-state index contributed by atoms with van der Waals surface area (Å²) in [5.74, 6) is 0.130. The quantitative estimate of drug-likeness (QED) is 0.918. The number of thiophene rings is 1. The average Bonchev–Trinajstić information content (AvgIpc) is 2.74. The maximum Gasteiger partial charge on any atom is 0.387 e. The molecule has 0 aliphatic carbocycles. The van der Waals surface area contributed by atoms with E-state index in [2.05, 4.69) is 4.74 Å². The summed E-state index contributed by atoms with van der Waals surface area (Å²) >= 11 is 1.61. The number of ether oxygens (including phenoxy) is 1. The lowest BCUT2D eigenvalue weighted by Crippen LogP contribution is -2.11. The Kier molecular flexibility index (Phi) is 3.93. The van der Waals surface area contributed by atoms with Gasteiger partial charge < -0.3 is 10.5 Å². The average molecular weight is 269 g/mol. The summed E-state index contributed by atoms with van der Waals surface area (Å²) in [6, 6.07) is 8.17. The number of halogens is 2. The molecule has 0 saturated carbocycles. The van der Waals surface area contributed by atoms with Crippen LogP contribution in [0.25, 0.3) is 0 Å². The highest BCUT2D eigenvalue weighted by Crippen LogP contribution is 2.26. The van der Waals surface area contributed by atoms with Crippen molar-refractivity contribution in [3.63, 3.8) is 0 Å². The van der Waals surface area contributed by atoms with E-state index in [1.165, 1.54) is 10.9 Å². The van der Waals surface area contributed by atoms with Gasteiger partial charge in [-0.1, -0.05) is 12.1 Å². The van der Waals surface area contributed by atoms with Crippen molar-refractivity contribution in [2.45, 2.75) is 19.6 Å². The third-order valence-corrected chi connectivity index (χ3v) is 3.43. The monoisotopic (exact) mass is 269 g/mol. The molecule has 0 fully saturated rings. The Morgan fingerprint density at radius 2 is 2.00 bits per heavy atom. The van der Waals surface area contributed by atoms with Crippen LogP contribution in [0.15, 0.2) is 35.7 Å². The van der Waals surface area contributed by atoms with E-state index in [0.29, 0.717) is 0 Å². The molecular weight excluding hydrogens is 256 g/mol. The lowest BCUT2D eigenvalue weighted by Gasteiger charge is -2.12. The van der Waals surface area contributed by atoms with Gasteiger partial charge in [-0.3, -0.25) is 0 Å². The highest BCUT2D eigenvalue weighted by Gasteiger charge is 2.12. The third kappa shape index (κ3) is 3.05. The van der Waals surface area contributed by atoms with Gasteiger partial charge in [-0.25, -0.2) is 0 Å². The normalized spacial score (nSPS) is 12.7. The molecule has 2 nitrogen and oxygen atoms in total. The number of rotatable bonds is 4. The van der Waals surface area contributed by atoms with Crippen LogP contribution in [0.3, 0.4) is 0 Å². The minimum absolute atomic E-state index is 0.130. The van der Waals surface area contributed by atoms with Crippen molar-refractivity contribution in [3.8, 4) is 5.75 Å². The van der Waals surface area contributed by atoms with E-state index in [1.807, 2.05) is 18.4 Å². The zero-order valence-corrected chi connectivity index (χ0v) is 10.6. The molecule has 2 rings (SSSR count). The van der Waals surface area contributed by atoms with Crippen molar-refractivity contribution in [3.05, 3.63) is 51.7 Å². The van der Waals surface area contributed by atoms with E-state index in [0.717, 1.165) is 11.1 Å². The van der Waals surface area contributed by atoms with Gasteiger partial charge >= 0.3 is 6.61 Å². The molecule has 0 bridgehead atoms. The lowest BCUT2D eigenvalue weighted by atomic mass is 10.0. The van der Waals surface area contributed by atoms with Crippen LogP contribution in [-0.4, -0.2) is 6.61 Å². The molecule has 1 aromatic carbocycles. The van der Waals surface area contributed by atoms with Crippen LogP contribution >= 0.6 is 11.3 Å². The minimum Gasteiger partial charge on any atom is -0.435 e. The standard InChI is InChI=1S/C13H13F2NOS/c1-8-5-10(7-18-8)12(16)9-3-2-4-11(6-9)17-13(14)15/h2-7,12-13H,16H2,1H3. The molecule has 5 heteroatoms. The van der Waals surface area contributed by atoms with Crippen LogP contribution in [0.4, 0.5) is 8.78 Å². The van der Waals surface area contributed by atoms with Crippen molar-refractivity contribution in [1.29, 1.82) is 0 Å². The summed E-state index contributed by atoms with van der Waals surface area (Å²) in [6.07, 6.45) is 0. The predicted octanol–water partition coefficient (Wildman–Crippen LogP) is 3.71. The van der Waals surface area contributed by atoms with Gasteiger partial charge in [0.1, 0.15) is 5.75 Å². The van der Waals surface area contributed by atoms with E-state index in [4.69, 9.17) is 5.73 Å². The minimum atomic E-state index is -2.82. The van der Waals surface area contributed by atoms with E-state index < -0.39 is 6.61 Å². The Labute approximate surface area is 108 Å². The Hall–Kier alpha value is -1.46. The molecule has 1 unspecified atom stereocenters. The summed E-state index contributed by atoms with van der Waals surface area (Å²) in [5.41, 5.74) is 7.83. The molecule has 0 aliphatic rings. The first-order chi connectivity index (χ1) is 8.56. The van der Waals surface area contributed by atoms with Crippen LogP contribution in [0.1, 0.15) is 22.0 Å². The van der Waals surface area contributed by atoms with Crippen molar-refractivity contribution in [2.75, 3.05) is 0 Å². The molecule has 0 saturated heterocycles. The molecule has 0 amide bonds. The van der Waals surface area contributed by atoms with Crippen molar-refractivity contribution in [2.24, 2.45) is 5.73 Å². The SMILES string of the molecule is Cc1cc(C(N)c2cccc(OC(F)F)c2)cs1. The van der Waals surface area contributed by atoms with Gasteiger partial charge in [0.05, 0.1) is 6.04 Å². The number of hydrogen-bond acceptors (Lipinski definition) is 3. The zero-order valence-electron chi connectivity index (χ0n) is 9.77. The van der Waals surface area contributed by atoms with Crippen LogP contribution in [0, 0.1) is 6.92 Å². The largest absolute Gasteiger partial charge is 0.435 e. The molecule has 18 heavy (non-hydrogen) atoms. The van der Waals surface area contributed by atoms with Gasteiger partial charge in [0, 0.05) is 4.88 Å². The summed E-state index contributed by atoms with van der Waals surface area (Å²) in [6.45, 7) is -0.822.